The van der Waals surface area contributed by atoms with Crippen molar-refractivity contribution in [2.45, 2.75) is 44.9 Å². The fraction of sp³-hybridized carbons (Fsp3) is 0.786. The van der Waals surface area contributed by atoms with Crippen LogP contribution in [0, 0.1) is 0 Å². The first-order chi connectivity index (χ1) is 8.59. The fourth-order valence-electron chi connectivity index (χ4n) is 3.63. The lowest BCUT2D eigenvalue weighted by molar-refractivity contribution is 0.483. The van der Waals surface area contributed by atoms with E-state index in [-0.39, 0.29) is 5.41 Å². The number of rotatable bonds is 1. The molecule has 18 heavy (non-hydrogen) atoms. The van der Waals surface area contributed by atoms with E-state index >= 15 is 0 Å². The molecule has 1 saturated heterocycles. The molecule has 0 radical (unpaired) electrons. The van der Waals surface area contributed by atoms with Gasteiger partial charge in [-0.05, 0) is 30.7 Å². The van der Waals surface area contributed by atoms with E-state index in [4.69, 9.17) is 0 Å². The summed E-state index contributed by atoms with van der Waals surface area (Å²) in [5, 5.41) is 11.4. The van der Waals surface area contributed by atoms with Gasteiger partial charge >= 0.3 is 0 Å². The summed E-state index contributed by atoms with van der Waals surface area (Å²) in [5.74, 6) is 1.82. The van der Waals surface area contributed by atoms with E-state index in [2.05, 4.69) is 41.2 Å². The molecule has 1 atom stereocenters. The molecule has 2 N–H and O–H groups in total. The van der Waals surface area contributed by atoms with Crippen molar-refractivity contribution in [3.8, 4) is 0 Å². The van der Waals surface area contributed by atoms with Gasteiger partial charge in [-0.3, -0.25) is 5.10 Å². The maximum atomic E-state index is 4.62. The Kier molecular flexibility index (Phi) is 2.85. The number of aromatic nitrogens is 2. The predicted octanol–water partition coefficient (Wildman–Crippen LogP) is 1.99. The minimum Gasteiger partial charge on any atom is -0.354 e. The number of hydrogen-bond donors (Lipinski definition) is 2. The first-order valence-electron chi connectivity index (χ1n) is 7.14. The van der Waals surface area contributed by atoms with Crippen LogP contribution in [0.1, 0.15) is 50.8 Å². The molecule has 100 valence electrons. The Balaban J connectivity index is 1.96. The monoisotopic (exact) mass is 248 g/mol. The summed E-state index contributed by atoms with van der Waals surface area (Å²) < 4.78 is 0. The van der Waals surface area contributed by atoms with Gasteiger partial charge in [0.25, 0.3) is 0 Å². The van der Waals surface area contributed by atoms with Crippen molar-refractivity contribution in [1.82, 2.24) is 15.5 Å². The Hall–Kier alpha value is -1.03. The van der Waals surface area contributed by atoms with Gasteiger partial charge in [0.15, 0.2) is 5.82 Å². The molecular weight excluding hydrogens is 224 g/mol. The Bertz CT molecular complexity index is 427. The molecule has 2 heterocycles. The number of H-pyrrole nitrogens is 1. The van der Waals surface area contributed by atoms with E-state index in [9.17, 15) is 0 Å². The molecule has 4 nitrogen and oxygen atoms in total. The smallest absolute Gasteiger partial charge is 0.154 e. The maximum Gasteiger partial charge on any atom is 0.154 e. The lowest BCUT2D eigenvalue weighted by atomic mass is 9.86. The van der Waals surface area contributed by atoms with Crippen molar-refractivity contribution in [1.29, 1.82) is 0 Å². The second-order valence-electron chi connectivity index (χ2n) is 6.42. The van der Waals surface area contributed by atoms with Gasteiger partial charge in [0.1, 0.15) is 0 Å². The Morgan fingerprint density at radius 3 is 2.94 bits per heavy atom. The SMILES string of the molecule is CC1CC(C)(C)c2c(N3CCCNCC3)n[nH]c21. The number of fused-ring (bicyclic) bond motifs is 1. The highest BCUT2D eigenvalue weighted by atomic mass is 15.3. The van der Waals surface area contributed by atoms with Crippen LogP contribution < -0.4 is 10.2 Å². The highest BCUT2D eigenvalue weighted by molar-refractivity contribution is 5.56. The zero-order valence-electron chi connectivity index (χ0n) is 11.7. The molecular formula is C14H24N4. The number of aromatic amines is 1. The molecule has 0 amide bonds. The number of nitrogens with zero attached hydrogens (tertiary/aromatic N) is 2. The Morgan fingerprint density at radius 2 is 2.11 bits per heavy atom. The zero-order valence-corrected chi connectivity index (χ0v) is 11.7. The zero-order chi connectivity index (χ0) is 12.8. The van der Waals surface area contributed by atoms with E-state index in [1.807, 2.05) is 0 Å². The topological polar surface area (TPSA) is 44.0 Å². The third kappa shape index (κ3) is 1.83. The van der Waals surface area contributed by atoms with Gasteiger partial charge in [-0.1, -0.05) is 20.8 Å². The van der Waals surface area contributed by atoms with Gasteiger partial charge in [0.05, 0.1) is 0 Å². The highest BCUT2D eigenvalue weighted by Crippen LogP contribution is 2.48. The van der Waals surface area contributed by atoms with Crippen LogP contribution in [0.3, 0.4) is 0 Å². The summed E-state index contributed by atoms with van der Waals surface area (Å²) in [5.41, 5.74) is 3.10. The van der Waals surface area contributed by atoms with Gasteiger partial charge in [-0.25, -0.2) is 0 Å². The minimum atomic E-state index is 0.261. The van der Waals surface area contributed by atoms with Gasteiger partial charge in [-0.15, -0.1) is 0 Å². The summed E-state index contributed by atoms with van der Waals surface area (Å²) >= 11 is 0. The van der Waals surface area contributed by atoms with Crippen molar-refractivity contribution in [2.75, 3.05) is 31.1 Å². The average molecular weight is 248 g/mol. The molecule has 1 fully saturated rings. The highest BCUT2D eigenvalue weighted by Gasteiger charge is 2.40. The van der Waals surface area contributed by atoms with Crippen LogP contribution >= 0.6 is 0 Å². The molecule has 1 aliphatic carbocycles. The van der Waals surface area contributed by atoms with E-state index < -0.39 is 0 Å². The molecule has 0 saturated carbocycles. The van der Waals surface area contributed by atoms with Crippen LogP contribution in [-0.4, -0.2) is 36.4 Å². The van der Waals surface area contributed by atoms with Crippen LogP contribution in [0.15, 0.2) is 0 Å². The van der Waals surface area contributed by atoms with Crippen molar-refractivity contribution >= 4 is 5.82 Å². The van der Waals surface area contributed by atoms with E-state index in [0.29, 0.717) is 5.92 Å². The first-order valence-corrected chi connectivity index (χ1v) is 7.14. The van der Waals surface area contributed by atoms with Gasteiger partial charge in [0.2, 0.25) is 0 Å². The summed E-state index contributed by atoms with van der Waals surface area (Å²) in [7, 11) is 0. The fourth-order valence-corrected chi connectivity index (χ4v) is 3.63. The normalized spacial score (nSPS) is 27.1. The summed E-state index contributed by atoms with van der Waals surface area (Å²) in [4.78, 5) is 2.45. The average Bonchev–Trinajstić information content (AvgIpc) is 2.70. The Morgan fingerprint density at radius 1 is 1.28 bits per heavy atom. The largest absolute Gasteiger partial charge is 0.354 e. The molecule has 1 unspecified atom stereocenters. The summed E-state index contributed by atoms with van der Waals surface area (Å²) in [6, 6.07) is 0. The van der Waals surface area contributed by atoms with Crippen LogP contribution in [0.4, 0.5) is 5.82 Å². The minimum absolute atomic E-state index is 0.261. The van der Waals surface area contributed by atoms with Gasteiger partial charge in [-0.2, -0.15) is 5.10 Å². The summed E-state index contributed by atoms with van der Waals surface area (Å²) in [6.07, 6.45) is 2.44. The van der Waals surface area contributed by atoms with E-state index in [1.165, 1.54) is 29.9 Å². The van der Waals surface area contributed by atoms with E-state index in [1.54, 1.807) is 0 Å². The lowest BCUT2D eigenvalue weighted by Gasteiger charge is -2.26. The molecule has 0 spiro atoms. The predicted molar refractivity (Wildman–Crippen MR) is 74.3 cm³/mol. The molecule has 0 bridgehead atoms. The molecule has 1 aliphatic heterocycles. The van der Waals surface area contributed by atoms with Crippen molar-refractivity contribution in [3.63, 3.8) is 0 Å². The van der Waals surface area contributed by atoms with Crippen molar-refractivity contribution in [3.05, 3.63) is 11.3 Å². The second-order valence-corrected chi connectivity index (χ2v) is 6.42. The molecule has 2 aliphatic rings. The van der Waals surface area contributed by atoms with E-state index in [0.717, 1.165) is 26.2 Å². The van der Waals surface area contributed by atoms with Gasteiger partial charge in [0, 0.05) is 30.9 Å². The number of nitrogens with one attached hydrogen (secondary N) is 2. The quantitative estimate of drug-likeness (QED) is 0.799. The van der Waals surface area contributed by atoms with Crippen molar-refractivity contribution in [2.24, 2.45) is 0 Å². The third-order valence-electron chi connectivity index (χ3n) is 4.40. The van der Waals surface area contributed by atoms with Crippen LogP contribution in [0.2, 0.25) is 0 Å². The van der Waals surface area contributed by atoms with Crippen molar-refractivity contribution < 1.29 is 0 Å². The van der Waals surface area contributed by atoms with Crippen LogP contribution in [0.25, 0.3) is 0 Å². The standard InChI is InChI=1S/C14H24N4/c1-10-9-14(2,3)11-12(10)16-17-13(11)18-7-4-5-15-6-8-18/h10,15H,4-9H2,1-3H3,(H,16,17). The van der Waals surface area contributed by atoms with Gasteiger partial charge < -0.3 is 10.2 Å². The third-order valence-corrected chi connectivity index (χ3v) is 4.40. The maximum absolute atomic E-state index is 4.62. The van der Waals surface area contributed by atoms with Crippen LogP contribution in [-0.2, 0) is 5.41 Å². The molecule has 1 aromatic heterocycles. The molecule has 1 aromatic rings. The first kappa shape index (κ1) is 12.0. The number of hydrogen-bond acceptors (Lipinski definition) is 3. The Labute approximate surface area is 109 Å². The molecule has 0 aromatic carbocycles. The molecule has 3 rings (SSSR count). The second kappa shape index (κ2) is 4.26. The van der Waals surface area contributed by atoms with Crippen LogP contribution in [0.5, 0.6) is 0 Å². The lowest BCUT2D eigenvalue weighted by Crippen LogP contribution is -2.30. The summed E-state index contributed by atoms with van der Waals surface area (Å²) in [6.45, 7) is 11.4. The number of anilines is 1. The molecule has 4 heteroatoms.